The summed E-state index contributed by atoms with van der Waals surface area (Å²) in [6.45, 7) is 6.58. The molecular weight excluding hydrogens is 340 g/mol. The van der Waals surface area contributed by atoms with Crippen LogP contribution in [0.1, 0.15) is 56.6 Å². The molecule has 4 rings (SSSR count). The van der Waals surface area contributed by atoms with E-state index in [2.05, 4.69) is 43.4 Å². The van der Waals surface area contributed by atoms with E-state index >= 15 is 0 Å². The summed E-state index contributed by atoms with van der Waals surface area (Å²) >= 11 is 0. The summed E-state index contributed by atoms with van der Waals surface area (Å²) in [5.41, 5.74) is 2.54. The maximum absolute atomic E-state index is 12.8. The van der Waals surface area contributed by atoms with Gasteiger partial charge in [-0.25, -0.2) is 4.79 Å². The lowest BCUT2D eigenvalue weighted by Crippen LogP contribution is -2.58. The largest absolute Gasteiger partial charge is 0.447 e. The highest BCUT2D eigenvalue weighted by Gasteiger charge is 2.53. The normalized spacial score (nSPS) is 28.2. The summed E-state index contributed by atoms with van der Waals surface area (Å²) in [7, 11) is 0. The molecule has 0 unspecified atom stereocenters. The molecular formula is C22H30N2O3. The van der Waals surface area contributed by atoms with Crippen molar-refractivity contribution in [2.75, 3.05) is 19.7 Å². The fraction of sp³-hybridized carbons (Fsp3) is 0.636. The van der Waals surface area contributed by atoms with Gasteiger partial charge in [0.1, 0.15) is 6.61 Å². The highest BCUT2D eigenvalue weighted by molar-refractivity contribution is 5.81. The number of alkyl carbamates (subject to hydrolysis) is 1. The quantitative estimate of drug-likeness (QED) is 0.883. The molecule has 1 N–H and O–H groups in total. The molecule has 2 aliphatic heterocycles. The van der Waals surface area contributed by atoms with Gasteiger partial charge in [-0.05, 0) is 55.1 Å². The van der Waals surface area contributed by atoms with Gasteiger partial charge in [0.25, 0.3) is 0 Å². The predicted molar refractivity (Wildman–Crippen MR) is 103 cm³/mol. The number of likely N-dealkylation sites (tertiary alicyclic amines) is 1. The van der Waals surface area contributed by atoms with Crippen molar-refractivity contribution in [3.8, 4) is 0 Å². The van der Waals surface area contributed by atoms with Crippen LogP contribution in [0.2, 0.25) is 0 Å². The van der Waals surface area contributed by atoms with Crippen molar-refractivity contribution in [3.63, 3.8) is 0 Å². The number of amides is 2. The zero-order chi connectivity index (χ0) is 19.0. The number of hydrogen-bond donors (Lipinski definition) is 1. The first-order chi connectivity index (χ1) is 12.9. The lowest BCUT2D eigenvalue weighted by Gasteiger charge is -2.45. The zero-order valence-corrected chi connectivity index (χ0v) is 16.4. The summed E-state index contributed by atoms with van der Waals surface area (Å²) in [5, 5.41) is 2.87. The van der Waals surface area contributed by atoms with Crippen molar-refractivity contribution in [3.05, 3.63) is 35.4 Å². The van der Waals surface area contributed by atoms with Crippen LogP contribution in [0.25, 0.3) is 0 Å². The molecule has 1 aromatic carbocycles. The molecule has 2 heterocycles. The standard InChI is InChI=1S/C22H30N2O3/c1-15(2)11-16-3-5-17(6-4-16)18-7-9-24(10-8-18)20(25)19-12-22(13-19)14-27-21(26)23-22/h3-6,15,18-19H,7-14H2,1-2H3,(H,23,26). The summed E-state index contributed by atoms with van der Waals surface area (Å²) in [6.07, 6.45) is 4.28. The van der Waals surface area contributed by atoms with E-state index < -0.39 is 0 Å². The molecule has 2 saturated heterocycles. The SMILES string of the molecule is CC(C)Cc1ccc(C2CCN(C(=O)C3CC4(COC(=O)N4)C3)CC2)cc1. The molecule has 2 amide bonds. The molecule has 5 heteroatoms. The second-order valence-electron chi connectivity index (χ2n) is 9.03. The summed E-state index contributed by atoms with van der Waals surface area (Å²) in [6, 6.07) is 9.08. The molecule has 1 aromatic rings. The number of ether oxygens (including phenoxy) is 1. The fourth-order valence-corrected chi connectivity index (χ4v) is 4.86. The minimum atomic E-state index is -0.346. The van der Waals surface area contributed by atoms with Gasteiger partial charge in [0.05, 0.1) is 5.54 Å². The highest BCUT2D eigenvalue weighted by Crippen LogP contribution is 2.42. The molecule has 3 aliphatic rings. The molecule has 1 saturated carbocycles. The van der Waals surface area contributed by atoms with E-state index in [0.717, 1.165) is 45.2 Å². The van der Waals surface area contributed by atoms with E-state index in [1.807, 2.05) is 4.90 Å². The van der Waals surface area contributed by atoms with Gasteiger partial charge in [-0.3, -0.25) is 4.79 Å². The monoisotopic (exact) mass is 370 g/mol. The lowest BCUT2D eigenvalue weighted by molar-refractivity contribution is -0.142. The minimum Gasteiger partial charge on any atom is -0.447 e. The molecule has 27 heavy (non-hydrogen) atoms. The third-order valence-electron chi connectivity index (χ3n) is 6.37. The smallest absolute Gasteiger partial charge is 0.407 e. The van der Waals surface area contributed by atoms with Gasteiger partial charge in [0.15, 0.2) is 0 Å². The number of carbonyl (C=O) groups excluding carboxylic acids is 2. The van der Waals surface area contributed by atoms with E-state index in [1.165, 1.54) is 11.1 Å². The van der Waals surface area contributed by atoms with Crippen LogP contribution in [0.4, 0.5) is 4.79 Å². The van der Waals surface area contributed by atoms with Gasteiger partial charge in [0, 0.05) is 19.0 Å². The molecule has 0 radical (unpaired) electrons. The van der Waals surface area contributed by atoms with Gasteiger partial charge in [-0.2, -0.15) is 0 Å². The molecule has 5 nitrogen and oxygen atoms in total. The maximum Gasteiger partial charge on any atom is 0.407 e. The van der Waals surface area contributed by atoms with E-state index in [1.54, 1.807) is 0 Å². The Hall–Kier alpha value is -2.04. The molecule has 3 fully saturated rings. The number of hydrogen-bond acceptors (Lipinski definition) is 3. The van der Waals surface area contributed by atoms with E-state index in [0.29, 0.717) is 18.4 Å². The topological polar surface area (TPSA) is 58.6 Å². The number of carbonyl (C=O) groups is 2. The number of cyclic esters (lactones) is 1. The van der Waals surface area contributed by atoms with Crippen molar-refractivity contribution < 1.29 is 14.3 Å². The first kappa shape index (κ1) is 18.3. The van der Waals surface area contributed by atoms with Crippen LogP contribution < -0.4 is 5.32 Å². The molecule has 0 bridgehead atoms. The summed E-state index contributed by atoms with van der Waals surface area (Å²) in [5.74, 6) is 1.53. The van der Waals surface area contributed by atoms with E-state index in [9.17, 15) is 9.59 Å². The summed E-state index contributed by atoms with van der Waals surface area (Å²) in [4.78, 5) is 26.0. The predicted octanol–water partition coefficient (Wildman–Crippen LogP) is 3.48. The van der Waals surface area contributed by atoms with Gasteiger partial charge in [-0.1, -0.05) is 38.1 Å². The van der Waals surface area contributed by atoms with Crippen LogP contribution in [-0.2, 0) is 16.0 Å². The van der Waals surface area contributed by atoms with Gasteiger partial charge in [-0.15, -0.1) is 0 Å². The minimum absolute atomic E-state index is 0.0406. The Morgan fingerprint density at radius 2 is 1.89 bits per heavy atom. The van der Waals surface area contributed by atoms with Gasteiger partial charge >= 0.3 is 6.09 Å². The van der Waals surface area contributed by atoms with Crippen LogP contribution in [0.3, 0.4) is 0 Å². The molecule has 1 aliphatic carbocycles. The van der Waals surface area contributed by atoms with Crippen LogP contribution in [0.15, 0.2) is 24.3 Å². The Bertz CT molecular complexity index is 699. The Morgan fingerprint density at radius 1 is 1.22 bits per heavy atom. The van der Waals surface area contributed by atoms with Crippen molar-refractivity contribution >= 4 is 12.0 Å². The lowest BCUT2D eigenvalue weighted by atomic mass is 9.68. The van der Waals surface area contributed by atoms with Crippen molar-refractivity contribution in [2.45, 2.75) is 57.4 Å². The van der Waals surface area contributed by atoms with Crippen LogP contribution in [0, 0.1) is 11.8 Å². The average Bonchev–Trinajstić information content (AvgIpc) is 3.02. The van der Waals surface area contributed by atoms with E-state index in [4.69, 9.17) is 4.74 Å². The second kappa shape index (κ2) is 7.17. The first-order valence-electron chi connectivity index (χ1n) is 10.3. The molecule has 0 atom stereocenters. The van der Waals surface area contributed by atoms with Crippen molar-refractivity contribution in [1.82, 2.24) is 10.2 Å². The van der Waals surface area contributed by atoms with Crippen LogP contribution in [0.5, 0.6) is 0 Å². The fourth-order valence-electron chi connectivity index (χ4n) is 4.86. The average molecular weight is 370 g/mol. The van der Waals surface area contributed by atoms with Crippen molar-refractivity contribution in [2.24, 2.45) is 11.8 Å². The van der Waals surface area contributed by atoms with Gasteiger partial charge in [0.2, 0.25) is 5.91 Å². The molecule has 146 valence electrons. The van der Waals surface area contributed by atoms with Crippen molar-refractivity contribution in [1.29, 1.82) is 0 Å². The van der Waals surface area contributed by atoms with Crippen LogP contribution in [-0.4, -0.2) is 42.1 Å². The molecule has 1 spiro atoms. The number of piperidine rings is 1. The number of nitrogens with zero attached hydrogens (tertiary/aromatic N) is 1. The number of rotatable bonds is 4. The highest BCUT2D eigenvalue weighted by atomic mass is 16.6. The maximum atomic E-state index is 12.8. The number of nitrogens with one attached hydrogen (secondary N) is 1. The Morgan fingerprint density at radius 3 is 2.44 bits per heavy atom. The third-order valence-corrected chi connectivity index (χ3v) is 6.37. The molecule has 0 aromatic heterocycles. The zero-order valence-electron chi connectivity index (χ0n) is 16.4. The second-order valence-corrected chi connectivity index (χ2v) is 9.03. The first-order valence-corrected chi connectivity index (χ1v) is 10.3. The Balaban J connectivity index is 1.26. The Labute approximate surface area is 161 Å². The Kier molecular flexibility index (Phi) is 4.87. The van der Waals surface area contributed by atoms with E-state index in [-0.39, 0.29) is 23.5 Å². The summed E-state index contributed by atoms with van der Waals surface area (Å²) < 4.78 is 5.00. The third kappa shape index (κ3) is 3.83. The van der Waals surface area contributed by atoms with Gasteiger partial charge < -0.3 is 15.0 Å². The number of benzene rings is 1. The van der Waals surface area contributed by atoms with Crippen LogP contribution >= 0.6 is 0 Å².